The lowest BCUT2D eigenvalue weighted by Gasteiger charge is -2.16. The molecular formula is C24H19F2N5O3. The van der Waals surface area contributed by atoms with E-state index in [-0.39, 0.29) is 17.7 Å². The molecule has 0 radical (unpaired) electrons. The van der Waals surface area contributed by atoms with E-state index in [1.54, 1.807) is 66.9 Å². The van der Waals surface area contributed by atoms with Gasteiger partial charge >= 0.3 is 6.55 Å². The Kier molecular flexibility index (Phi) is 6.39. The number of hydrogen-bond acceptors (Lipinski definition) is 5. The van der Waals surface area contributed by atoms with E-state index < -0.39 is 30.2 Å². The van der Waals surface area contributed by atoms with Crippen LogP contribution in [0.3, 0.4) is 0 Å². The number of alkyl halides is 2. The molecule has 3 N–H and O–H groups in total. The summed E-state index contributed by atoms with van der Waals surface area (Å²) in [6.07, 6.45) is 2.48. The molecule has 0 aliphatic carbocycles. The Morgan fingerprint density at radius 2 is 1.76 bits per heavy atom. The topological polar surface area (TPSA) is 120 Å². The van der Waals surface area contributed by atoms with Crippen LogP contribution in [0.25, 0.3) is 22.2 Å². The molecule has 8 nitrogen and oxygen atoms in total. The summed E-state index contributed by atoms with van der Waals surface area (Å²) in [6.45, 7) is -3.00. The first-order valence-electron chi connectivity index (χ1n) is 10.2. The molecular weight excluding hydrogens is 444 g/mol. The van der Waals surface area contributed by atoms with E-state index >= 15 is 0 Å². The average Bonchev–Trinajstić information content (AvgIpc) is 3.29. The number of amides is 2. The summed E-state index contributed by atoms with van der Waals surface area (Å²) in [5.74, 6) is -3.07. The van der Waals surface area contributed by atoms with Crippen molar-refractivity contribution >= 4 is 28.5 Å². The highest BCUT2D eigenvalue weighted by molar-refractivity contribution is 6.38. The van der Waals surface area contributed by atoms with Crippen molar-refractivity contribution in [3.05, 3.63) is 84.2 Å². The molecule has 0 fully saturated rings. The number of pyridine rings is 1. The van der Waals surface area contributed by atoms with Gasteiger partial charge in [-0.05, 0) is 17.7 Å². The van der Waals surface area contributed by atoms with Crippen LogP contribution in [0.2, 0.25) is 0 Å². The normalized spacial score (nSPS) is 12.0. The minimum atomic E-state index is -3.00. The van der Waals surface area contributed by atoms with Crippen molar-refractivity contribution in [2.24, 2.45) is 5.73 Å². The molecule has 34 heavy (non-hydrogen) atoms. The lowest BCUT2D eigenvalue weighted by atomic mass is 10.00. The quantitative estimate of drug-likeness (QED) is 0.390. The maximum atomic E-state index is 13.5. The number of carbonyl (C=O) groups is 3. The van der Waals surface area contributed by atoms with Crippen LogP contribution in [0.1, 0.15) is 22.5 Å². The van der Waals surface area contributed by atoms with Crippen molar-refractivity contribution in [1.29, 1.82) is 0 Å². The van der Waals surface area contributed by atoms with Crippen molar-refractivity contribution < 1.29 is 23.2 Å². The summed E-state index contributed by atoms with van der Waals surface area (Å²) >= 11 is 0. The molecule has 2 aromatic carbocycles. The summed E-state index contributed by atoms with van der Waals surface area (Å²) in [5.41, 5.74) is 6.64. The van der Waals surface area contributed by atoms with Gasteiger partial charge in [-0.25, -0.2) is 4.68 Å². The molecule has 0 aliphatic rings. The molecule has 4 aromatic rings. The second-order valence-corrected chi connectivity index (χ2v) is 7.47. The Morgan fingerprint density at radius 1 is 1.00 bits per heavy atom. The van der Waals surface area contributed by atoms with Crippen molar-refractivity contribution in [3.63, 3.8) is 0 Å². The van der Waals surface area contributed by atoms with Crippen LogP contribution in [-0.2, 0) is 16.0 Å². The molecule has 2 heterocycles. The zero-order valence-electron chi connectivity index (χ0n) is 17.7. The Bertz CT molecular complexity index is 1370. The maximum absolute atomic E-state index is 13.5. The van der Waals surface area contributed by atoms with Crippen LogP contribution in [0.4, 0.5) is 8.78 Å². The lowest BCUT2D eigenvalue weighted by molar-refractivity contribution is -0.137. The molecule has 0 saturated heterocycles. The number of carbonyl (C=O) groups excluding carboxylic acids is 3. The maximum Gasteiger partial charge on any atom is 0.333 e. The number of ketones is 1. The van der Waals surface area contributed by atoms with Gasteiger partial charge < -0.3 is 11.1 Å². The van der Waals surface area contributed by atoms with Crippen LogP contribution in [-0.4, -0.2) is 38.4 Å². The fourth-order valence-corrected chi connectivity index (χ4v) is 3.63. The average molecular weight is 463 g/mol. The standard InChI is InChI=1S/C24H19F2N5O3/c25-24(26)31-13-17(20(30-31)16-8-4-10-18-15(16)9-5-11-28-18)23(34)29-19(21(32)22(27)33)12-14-6-2-1-3-7-14/h1-11,13,19,24H,12H2,(H2,27,33)(H,29,34). The number of rotatable bonds is 8. The number of aromatic nitrogens is 3. The molecule has 1 unspecified atom stereocenters. The van der Waals surface area contributed by atoms with Gasteiger partial charge in [0.2, 0.25) is 5.78 Å². The van der Waals surface area contributed by atoms with Gasteiger partial charge in [0.05, 0.1) is 11.1 Å². The van der Waals surface area contributed by atoms with Gasteiger partial charge in [-0.3, -0.25) is 19.4 Å². The van der Waals surface area contributed by atoms with Gasteiger partial charge in [0.15, 0.2) is 0 Å². The summed E-state index contributed by atoms with van der Waals surface area (Å²) in [7, 11) is 0. The van der Waals surface area contributed by atoms with E-state index in [2.05, 4.69) is 15.4 Å². The Balaban J connectivity index is 1.74. The second-order valence-electron chi connectivity index (χ2n) is 7.47. The third kappa shape index (κ3) is 4.65. The summed E-state index contributed by atoms with van der Waals surface area (Å²) in [6, 6.07) is 15.9. The minimum Gasteiger partial charge on any atom is -0.363 e. The van der Waals surface area contributed by atoms with E-state index in [1.807, 2.05) is 0 Å². The van der Waals surface area contributed by atoms with E-state index in [0.717, 1.165) is 6.20 Å². The van der Waals surface area contributed by atoms with Crippen LogP contribution in [0.15, 0.2) is 73.1 Å². The van der Waals surface area contributed by atoms with E-state index in [4.69, 9.17) is 5.73 Å². The molecule has 0 spiro atoms. The number of benzene rings is 2. The van der Waals surface area contributed by atoms with Gasteiger partial charge in [0.25, 0.3) is 11.8 Å². The van der Waals surface area contributed by atoms with Crippen LogP contribution in [0, 0.1) is 0 Å². The Morgan fingerprint density at radius 3 is 2.47 bits per heavy atom. The monoisotopic (exact) mass is 463 g/mol. The second kappa shape index (κ2) is 9.57. The summed E-state index contributed by atoms with van der Waals surface area (Å²) in [5, 5.41) is 7.00. The number of primary amides is 1. The lowest BCUT2D eigenvalue weighted by Crippen LogP contribution is -2.47. The first kappa shape index (κ1) is 22.7. The molecule has 4 rings (SSSR count). The zero-order valence-corrected chi connectivity index (χ0v) is 17.7. The van der Waals surface area contributed by atoms with Crippen LogP contribution in [0.5, 0.6) is 0 Å². The van der Waals surface area contributed by atoms with E-state index in [9.17, 15) is 23.2 Å². The van der Waals surface area contributed by atoms with Crippen molar-refractivity contribution in [2.45, 2.75) is 19.0 Å². The largest absolute Gasteiger partial charge is 0.363 e. The molecule has 0 saturated carbocycles. The third-order valence-corrected chi connectivity index (χ3v) is 5.22. The summed E-state index contributed by atoms with van der Waals surface area (Å²) < 4.78 is 27.3. The van der Waals surface area contributed by atoms with Crippen molar-refractivity contribution in [2.75, 3.05) is 0 Å². The summed E-state index contributed by atoms with van der Waals surface area (Å²) in [4.78, 5) is 41.4. The number of nitrogens with one attached hydrogen (secondary N) is 1. The number of fused-ring (bicyclic) bond motifs is 1. The molecule has 2 amide bonds. The number of nitrogens with zero attached hydrogens (tertiary/aromatic N) is 3. The number of nitrogens with two attached hydrogens (primary N) is 1. The van der Waals surface area contributed by atoms with Gasteiger partial charge in [0, 0.05) is 29.8 Å². The molecule has 2 aromatic heterocycles. The van der Waals surface area contributed by atoms with Crippen molar-refractivity contribution in [1.82, 2.24) is 20.1 Å². The Labute approximate surface area is 192 Å². The number of halogens is 2. The molecule has 172 valence electrons. The highest BCUT2D eigenvalue weighted by Gasteiger charge is 2.29. The smallest absolute Gasteiger partial charge is 0.333 e. The van der Waals surface area contributed by atoms with Crippen molar-refractivity contribution in [3.8, 4) is 11.3 Å². The predicted octanol–water partition coefficient (Wildman–Crippen LogP) is 2.89. The van der Waals surface area contributed by atoms with Gasteiger partial charge in [-0.2, -0.15) is 13.9 Å². The van der Waals surface area contributed by atoms with E-state index in [1.165, 1.54) is 0 Å². The van der Waals surface area contributed by atoms with Gasteiger partial charge in [0.1, 0.15) is 11.7 Å². The number of hydrogen-bond donors (Lipinski definition) is 2. The van der Waals surface area contributed by atoms with Crippen LogP contribution < -0.4 is 11.1 Å². The zero-order chi connectivity index (χ0) is 24.2. The first-order valence-corrected chi connectivity index (χ1v) is 10.2. The molecule has 1 atom stereocenters. The van der Waals surface area contributed by atoms with Crippen LogP contribution >= 0.6 is 0 Å². The third-order valence-electron chi connectivity index (χ3n) is 5.22. The predicted molar refractivity (Wildman–Crippen MR) is 120 cm³/mol. The highest BCUT2D eigenvalue weighted by atomic mass is 19.3. The van der Waals surface area contributed by atoms with Gasteiger partial charge in [-0.15, -0.1) is 0 Å². The SMILES string of the molecule is NC(=O)C(=O)C(Cc1ccccc1)NC(=O)c1cn(C(F)F)nc1-c1cccc2ncccc12. The first-order chi connectivity index (χ1) is 16.3. The Hall–Kier alpha value is -4.47. The number of Topliss-reactive ketones (excluding diaryl/α,β-unsaturated/α-hetero) is 1. The fourth-order valence-electron chi connectivity index (χ4n) is 3.63. The van der Waals surface area contributed by atoms with Gasteiger partial charge in [-0.1, -0.05) is 48.5 Å². The highest BCUT2D eigenvalue weighted by Crippen LogP contribution is 2.30. The van der Waals surface area contributed by atoms with E-state index in [0.29, 0.717) is 26.7 Å². The molecule has 0 bridgehead atoms. The fraction of sp³-hybridized carbons (Fsp3) is 0.125. The molecule has 0 aliphatic heterocycles. The minimum absolute atomic E-state index is 0.00907. The molecule has 10 heteroatoms.